The van der Waals surface area contributed by atoms with Gasteiger partial charge in [-0.05, 0) is 11.5 Å². The second-order valence-corrected chi connectivity index (χ2v) is 5.06. The first kappa shape index (κ1) is 12.3. The molecule has 1 aromatic carbocycles. The Labute approximate surface area is 104 Å². The number of fused-ring (bicyclic) bond motifs is 1. The van der Waals surface area contributed by atoms with Gasteiger partial charge in [0.25, 0.3) is 0 Å². The normalized spacial score (nSPS) is 11.8. The van der Waals surface area contributed by atoms with E-state index in [1.54, 1.807) is 6.07 Å². The van der Waals surface area contributed by atoms with Crippen molar-refractivity contribution in [2.45, 2.75) is 26.2 Å². The summed E-state index contributed by atoms with van der Waals surface area (Å²) in [4.78, 5) is 10.8. The first-order valence-corrected chi connectivity index (χ1v) is 5.46. The van der Waals surface area contributed by atoms with Crippen LogP contribution < -0.4 is 4.74 Å². The first-order valence-electron chi connectivity index (χ1n) is 5.46. The molecule has 1 aromatic heterocycles. The van der Waals surface area contributed by atoms with E-state index in [2.05, 4.69) is 5.16 Å². The van der Waals surface area contributed by atoms with E-state index < -0.39 is 4.92 Å². The Morgan fingerprint density at radius 2 is 2.11 bits per heavy atom. The van der Waals surface area contributed by atoms with Crippen LogP contribution in [0, 0.1) is 10.1 Å². The maximum Gasteiger partial charge on any atom is 0.323 e. The molecule has 0 atom stereocenters. The lowest BCUT2D eigenvalue weighted by Crippen LogP contribution is -2.14. The van der Waals surface area contributed by atoms with Gasteiger partial charge in [-0.25, -0.2) is 0 Å². The average molecular weight is 250 g/mol. The molecule has 2 rings (SSSR count). The maximum absolute atomic E-state index is 11.2. The number of hydrogen-bond donors (Lipinski definition) is 0. The Morgan fingerprint density at radius 3 is 2.61 bits per heavy atom. The number of benzene rings is 1. The van der Waals surface area contributed by atoms with E-state index in [0.29, 0.717) is 10.9 Å². The summed E-state index contributed by atoms with van der Waals surface area (Å²) in [5, 5.41) is 15.4. The predicted octanol–water partition coefficient (Wildman–Crippen LogP) is 3.04. The second kappa shape index (κ2) is 3.97. The molecule has 0 bridgehead atoms. The van der Waals surface area contributed by atoms with Gasteiger partial charge in [0.05, 0.1) is 12.0 Å². The highest BCUT2D eigenvalue weighted by atomic mass is 16.6. The average Bonchev–Trinajstić information content (AvgIpc) is 2.72. The Bertz CT molecular complexity index is 610. The van der Waals surface area contributed by atoms with Crippen molar-refractivity contribution in [1.29, 1.82) is 0 Å². The van der Waals surface area contributed by atoms with Crippen LogP contribution in [0.25, 0.3) is 10.9 Å². The van der Waals surface area contributed by atoms with Gasteiger partial charge in [-0.15, -0.1) is 0 Å². The van der Waals surface area contributed by atoms with E-state index in [1.807, 2.05) is 20.8 Å². The maximum atomic E-state index is 11.2. The summed E-state index contributed by atoms with van der Waals surface area (Å²) >= 11 is 0. The Balaban J connectivity index is 2.91. The van der Waals surface area contributed by atoms with Crippen LogP contribution in [0.1, 0.15) is 26.3 Å². The molecule has 6 nitrogen and oxygen atoms in total. The molecule has 0 saturated carbocycles. The van der Waals surface area contributed by atoms with Gasteiger partial charge < -0.3 is 9.26 Å². The smallest absolute Gasteiger partial charge is 0.323 e. The molecule has 1 heterocycles. The van der Waals surface area contributed by atoms with Crippen LogP contribution in [0.3, 0.4) is 0 Å². The van der Waals surface area contributed by atoms with Gasteiger partial charge in [-0.1, -0.05) is 25.9 Å². The molecule has 0 N–H and O–H groups in total. The molecule has 0 radical (unpaired) electrons. The van der Waals surface area contributed by atoms with Gasteiger partial charge in [0.2, 0.25) is 5.75 Å². The lowest BCUT2D eigenvalue weighted by molar-refractivity contribution is -0.384. The molecule has 0 saturated heterocycles. The van der Waals surface area contributed by atoms with Crippen LogP contribution in [-0.2, 0) is 5.41 Å². The van der Waals surface area contributed by atoms with Gasteiger partial charge in [0.15, 0.2) is 0 Å². The summed E-state index contributed by atoms with van der Waals surface area (Å²) in [5.74, 6) is 0.267. The van der Waals surface area contributed by atoms with Crippen molar-refractivity contribution in [2.24, 2.45) is 0 Å². The molecule has 2 aromatic rings. The standard InChI is InChI=1S/C12H14N2O4/c1-12(2,3)8-5-9-7(6-18-13-9)10(14(15)16)11(8)17-4/h5-6H,1-4H3. The van der Waals surface area contributed by atoms with Crippen LogP contribution in [-0.4, -0.2) is 17.2 Å². The summed E-state index contributed by atoms with van der Waals surface area (Å²) in [6.45, 7) is 5.88. The third-order valence-corrected chi connectivity index (χ3v) is 2.79. The second-order valence-electron chi connectivity index (χ2n) is 5.06. The van der Waals surface area contributed by atoms with Gasteiger partial charge in [0, 0.05) is 5.56 Å². The van der Waals surface area contributed by atoms with Gasteiger partial charge >= 0.3 is 5.69 Å². The van der Waals surface area contributed by atoms with Crippen LogP contribution in [0.15, 0.2) is 16.9 Å². The molecule has 0 fully saturated rings. The van der Waals surface area contributed by atoms with E-state index in [-0.39, 0.29) is 16.9 Å². The zero-order valence-corrected chi connectivity index (χ0v) is 10.7. The van der Waals surface area contributed by atoms with Crippen molar-refractivity contribution >= 4 is 16.6 Å². The lowest BCUT2D eigenvalue weighted by atomic mass is 9.85. The molecule has 0 aliphatic rings. The number of nitro groups is 1. The van der Waals surface area contributed by atoms with Crippen molar-refractivity contribution < 1.29 is 14.2 Å². The molecule has 18 heavy (non-hydrogen) atoms. The van der Waals surface area contributed by atoms with Crippen molar-refractivity contribution in [3.63, 3.8) is 0 Å². The molecular weight excluding hydrogens is 236 g/mol. The minimum absolute atomic E-state index is 0.0961. The Kier molecular flexibility index (Phi) is 2.73. The molecule has 0 spiro atoms. The van der Waals surface area contributed by atoms with Crippen LogP contribution in [0.5, 0.6) is 5.75 Å². The quantitative estimate of drug-likeness (QED) is 0.604. The first-order chi connectivity index (χ1) is 8.36. The molecule has 0 aliphatic heterocycles. The third-order valence-electron chi connectivity index (χ3n) is 2.79. The summed E-state index contributed by atoms with van der Waals surface area (Å²) in [6.07, 6.45) is 1.27. The summed E-state index contributed by atoms with van der Waals surface area (Å²) in [5.41, 5.74) is 0.815. The summed E-state index contributed by atoms with van der Waals surface area (Å²) < 4.78 is 10.0. The highest BCUT2D eigenvalue weighted by molar-refractivity contribution is 5.91. The molecule has 96 valence electrons. The monoisotopic (exact) mass is 250 g/mol. The molecular formula is C12H14N2O4. The van der Waals surface area contributed by atoms with Crippen LogP contribution in [0.4, 0.5) is 5.69 Å². The number of aromatic nitrogens is 1. The van der Waals surface area contributed by atoms with E-state index in [0.717, 1.165) is 5.56 Å². The van der Waals surface area contributed by atoms with Crippen molar-refractivity contribution in [1.82, 2.24) is 5.16 Å². The number of ether oxygens (including phenoxy) is 1. The molecule has 0 aliphatic carbocycles. The topological polar surface area (TPSA) is 78.4 Å². The van der Waals surface area contributed by atoms with Crippen LogP contribution in [0.2, 0.25) is 0 Å². The predicted molar refractivity (Wildman–Crippen MR) is 65.9 cm³/mol. The Hall–Kier alpha value is -2.11. The van der Waals surface area contributed by atoms with Crippen LogP contribution >= 0.6 is 0 Å². The zero-order chi connectivity index (χ0) is 13.5. The van der Waals surface area contributed by atoms with E-state index in [4.69, 9.17) is 9.26 Å². The fraction of sp³-hybridized carbons (Fsp3) is 0.417. The van der Waals surface area contributed by atoms with E-state index in [1.165, 1.54) is 13.4 Å². The van der Waals surface area contributed by atoms with Gasteiger partial charge in [-0.3, -0.25) is 10.1 Å². The molecule has 0 unspecified atom stereocenters. The largest absolute Gasteiger partial charge is 0.490 e. The highest BCUT2D eigenvalue weighted by Crippen LogP contribution is 2.42. The molecule has 6 heteroatoms. The highest BCUT2D eigenvalue weighted by Gasteiger charge is 2.30. The van der Waals surface area contributed by atoms with Gasteiger partial charge in [0.1, 0.15) is 17.2 Å². The number of nitro benzene ring substituents is 1. The number of methoxy groups -OCH3 is 1. The number of rotatable bonds is 2. The van der Waals surface area contributed by atoms with Crippen molar-refractivity contribution in [3.8, 4) is 5.75 Å². The lowest BCUT2D eigenvalue weighted by Gasteiger charge is -2.21. The third kappa shape index (κ3) is 1.79. The zero-order valence-electron chi connectivity index (χ0n) is 10.7. The number of hydrogen-bond acceptors (Lipinski definition) is 5. The molecule has 0 amide bonds. The van der Waals surface area contributed by atoms with Crippen molar-refractivity contribution in [2.75, 3.05) is 7.11 Å². The number of nitrogens with zero attached hydrogens (tertiary/aromatic N) is 2. The minimum Gasteiger partial charge on any atom is -0.490 e. The fourth-order valence-corrected chi connectivity index (χ4v) is 1.92. The van der Waals surface area contributed by atoms with E-state index >= 15 is 0 Å². The van der Waals surface area contributed by atoms with Crippen molar-refractivity contribution in [3.05, 3.63) is 28.0 Å². The minimum atomic E-state index is -0.465. The van der Waals surface area contributed by atoms with E-state index in [9.17, 15) is 10.1 Å². The van der Waals surface area contributed by atoms with Gasteiger partial charge in [-0.2, -0.15) is 0 Å². The fourth-order valence-electron chi connectivity index (χ4n) is 1.92. The Morgan fingerprint density at radius 1 is 1.44 bits per heavy atom. The summed E-state index contributed by atoms with van der Waals surface area (Å²) in [7, 11) is 1.43. The summed E-state index contributed by atoms with van der Waals surface area (Å²) in [6, 6.07) is 1.77. The SMILES string of the molecule is COc1c(C(C)(C)C)cc2nocc2c1[N+](=O)[O-].